The summed E-state index contributed by atoms with van der Waals surface area (Å²) in [6.07, 6.45) is 10.7. The molecule has 0 saturated heterocycles. The van der Waals surface area contributed by atoms with Gasteiger partial charge in [0.05, 0.1) is 14.2 Å². The van der Waals surface area contributed by atoms with E-state index < -0.39 is 0 Å². The van der Waals surface area contributed by atoms with Crippen molar-refractivity contribution in [1.29, 1.82) is 0 Å². The Labute approximate surface area is 123 Å². The van der Waals surface area contributed by atoms with Crippen LogP contribution in [0.1, 0.15) is 63.9 Å². The number of rotatable bonds is 8. The highest BCUT2D eigenvalue weighted by Gasteiger charge is 2.38. The number of unbranched alkanes of at least 4 members (excludes halogenated alkanes) is 3. The van der Waals surface area contributed by atoms with Crippen LogP contribution in [0.5, 0.6) is 11.5 Å². The highest BCUT2D eigenvalue weighted by atomic mass is 16.5. The lowest BCUT2D eigenvalue weighted by atomic mass is 9.62. The van der Waals surface area contributed by atoms with Gasteiger partial charge in [0.1, 0.15) is 11.5 Å². The molecule has 2 heteroatoms. The average molecular weight is 276 g/mol. The number of methoxy groups -OCH3 is 2. The monoisotopic (exact) mass is 276 g/mol. The van der Waals surface area contributed by atoms with E-state index in [1.54, 1.807) is 14.2 Å². The molecule has 2 rings (SSSR count). The Kier molecular flexibility index (Phi) is 5.33. The van der Waals surface area contributed by atoms with Gasteiger partial charge in [0, 0.05) is 6.07 Å². The minimum atomic E-state index is 0.384. The van der Waals surface area contributed by atoms with Gasteiger partial charge in [-0.1, -0.05) is 39.0 Å². The molecule has 0 amide bonds. The van der Waals surface area contributed by atoms with E-state index in [0.29, 0.717) is 5.41 Å². The van der Waals surface area contributed by atoms with Crippen LogP contribution in [0, 0.1) is 0 Å². The third kappa shape index (κ3) is 3.28. The predicted octanol–water partition coefficient (Wildman–Crippen LogP) is 5.10. The molecule has 1 aromatic rings. The molecule has 1 aromatic carbocycles. The molecule has 0 unspecified atom stereocenters. The summed E-state index contributed by atoms with van der Waals surface area (Å²) in [6.45, 7) is 2.27. The van der Waals surface area contributed by atoms with E-state index in [4.69, 9.17) is 9.47 Å². The van der Waals surface area contributed by atoms with Crippen molar-refractivity contribution in [3.63, 3.8) is 0 Å². The molecule has 112 valence electrons. The molecule has 0 aromatic heterocycles. The van der Waals surface area contributed by atoms with E-state index in [-0.39, 0.29) is 0 Å². The second-order valence-electron chi connectivity index (χ2n) is 6.05. The first kappa shape index (κ1) is 15.2. The van der Waals surface area contributed by atoms with Crippen molar-refractivity contribution >= 4 is 0 Å². The molecule has 20 heavy (non-hydrogen) atoms. The average Bonchev–Trinajstić information content (AvgIpc) is 2.45. The molecule has 0 heterocycles. The van der Waals surface area contributed by atoms with E-state index in [0.717, 1.165) is 11.5 Å². The molecule has 0 bridgehead atoms. The zero-order chi connectivity index (χ0) is 14.4. The predicted molar refractivity (Wildman–Crippen MR) is 83.8 cm³/mol. The van der Waals surface area contributed by atoms with Crippen LogP contribution in [0.25, 0.3) is 0 Å². The first-order chi connectivity index (χ1) is 9.74. The zero-order valence-corrected chi connectivity index (χ0v) is 13.2. The maximum Gasteiger partial charge on any atom is 0.122 e. The van der Waals surface area contributed by atoms with Gasteiger partial charge >= 0.3 is 0 Å². The van der Waals surface area contributed by atoms with Crippen molar-refractivity contribution in [2.75, 3.05) is 14.2 Å². The largest absolute Gasteiger partial charge is 0.497 e. The second kappa shape index (κ2) is 7.01. The van der Waals surface area contributed by atoms with Crippen LogP contribution in [0.2, 0.25) is 0 Å². The Morgan fingerprint density at radius 1 is 0.950 bits per heavy atom. The van der Waals surface area contributed by atoms with Crippen molar-refractivity contribution in [3.8, 4) is 11.5 Å². The smallest absolute Gasteiger partial charge is 0.122 e. The molecular weight excluding hydrogens is 248 g/mol. The minimum Gasteiger partial charge on any atom is -0.497 e. The lowest BCUT2D eigenvalue weighted by Crippen LogP contribution is -2.34. The number of hydrogen-bond acceptors (Lipinski definition) is 2. The standard InChI is InChI=1S/C18H28O2/c1-4-5-6-7-9-18(10-8-11-18)15-12-16(19-2)14-17(13-15)20-3/h12-14H,4-11H2,1-3H3. The van der Waals surface area contributed by atoms with Gasteiger partial charge in [-0.15, -0.1) is 0 Å². The molecule has 1 aliphatic carbocycles. The quantitative estimate of drug-likeness (QED) is 0.615. The first-order valence-corrected chi connectivity index (χ1v) is 7.97. The fraction of sp³-hybridized carbons (Fsp3) is 0.667. The summed E-state index contributed by atoms with van der Waals surface area (Å²) in [5.41, 5.74) is 1.80. The number of benzene rings is 1. The van der Waals surface area contributed by atoms with E-state index >= 15 is 0 Å². The maximum atomic E-state index is 5.42. The van der Waals surface area contributed by atoms with E-state index in [1.807, 2.05) is 6.07 Å². The fourth-order valence-electron chi connectivity index (χ4n) is 3.29. The summed E-state index contributed by atoms with van der Waals surface area (Å²) in [4.78, 5) is 0. The molecule has 0 atom stereocenters. The van der Waals surface area contributed by atoms with Crippen LogP contribution in [-0.4, -0.2) is 14.2 Å². The van der Waals surface area contributed by atoms with Crippen LogP contribution in [0.15, 0.2) is 18.2 Å². The minimum absolute atomic E-state index is 0.384. The summed E-state index contributed by atoms with van der Waals surface area (Å²) in [5, 5.41) is 0. The zero-order valence-electron chi connectivity index (χ0n) is 13.2. The van der Waals surface area contributed by atoms with Crippen molar-refractivity contribution in [3.05, 3.63) is 23.8 Å². The molecule has 1 fully saturated rings. The van der Waals surface area contributed by atoms with Crippen molar-refractivity contribution in [1.82, 2.24) is 0 Å². The second-order valence-corrected chi connectivity index (χ2v) is 6.05. The van der Waals surface area contributed by atoms with Gasteiger partial charge in [0.15, 0.2) is 0 Å². The Balaban J connectivity index is 2.13. The molecule has 0 spiro atoms. The number of ether oxygens (including phenoxy) is 2. The van der Waals surface area contributed by atoms with Gasteiger partial charge < -0.3 is 9.47 Å². The molecule has 2 nitrogen and oxygen atoms in total. The molecule has 1 aliphatic rings. The van der Waals surface area contributed by atoms with Crippen molar-refractivity contribution < 1.29 is 9.47 Å². The van der Waals surface area contributed by atoms with Crippen LogP contribution >= 0.6 is 0 Å². The lowest BCUT2D eigenvalue weighted by molar-refractivity contribution is 0.217. The molecule has 1 saturated carbocycles. The molecular formula is C18H28O2. The Morgan fingerprint density at radius 2 is 1.60 bits per heavy atom. The summed E-state index contributed by atoms with van der Waals surface area (Å²) >= 11 is 0. The summed E-state index contributed by atoms with van der Waals surface area (Å²) in [7, 11) is 3.46. The Bertz CT molecular complexity index is 399. The van der Waals surface area contributed by atoms with Crippen LogP contribution < -0.4 is 9.47 Å². The van der Waals surface area contributed by atoms with Gasteiger partial charge in [-0.2, -0.15) is 0 Å². The summed E-state index contributed by atoms with van der Waals surface area (Å²) in [6, 6.07) is 6.38. The summed E-state index contributed by atoms with van der Waals surface area (Å²) < 4.78 is 10.8. The van der Waals surface area contributed by atoms with E-state index in [1.165, 1.54) is 56.9 Å². The first-order valence-electron chi connectivity index (χ1n) is 7.97. The third-order valence-electron chi connectivity index (χ3n) is 4.78. The van der Waals surface area contributed by atoms with Gasteiger partial charge in [-0.05, 0) is 42.4 Å². The van der Waals surface area contributed by atoms with Crippen LogP contribution in [0.3, 0.4) is 0 Å². The Morgan fingerprint density at radius 3 is 2.05 bits per heavy atom. The molecule has 0 radical (unpaired) electrons. The Hall–Kier alpha value is -1.18. The van der Waals surface area contributed by atoms with Gasteiger partial charge in [0.2, 0.25) is 0 Å². The topological polar surface area (TPSA) is 18.5 Å². The van der Waals surface area contributed by atoms with Crippen molar-refractivity contribution in [2.24, 2.45) is 0 Å². The van der Waals surface area contributed by atoms with Gasteiger partial charge in [-0.3, -0.25) is 0 Å². The SMILES string of the molecule is CCCCCCC1(c2cc(OC)cc(OC)c2)CCC1. The highest BCUT2D eigenvalue weighted by molar-refractivity contribution is 5.42. The molecule has 0 aliphatic heterocycles. The van der Waals surface area contributed by atoms with E-state index in [9.17, 15) is 0 Å². The lowest BCUT2D eigenvalue weighted by Gasteiger charge is -2.43. The molecule has 0 N–H and O–H groups in total. The highest BCUT2D eigenvalue weighted by Crippen LogP contribution is 2.49. The van der Waals surface area contributed by atoms with Crippen LogP contribution in [-0.2, 0) is 5.41 Å². The van der Waals surface area contributed by atoms with E-state index in [2.05, 4.69) is 19.1 Å². The van der Waals surface area contributed by atoms with Gasteiger partial charge in [0.25, 0.3) is 0 Å². The summed E-state index contributed by atoms with van der Waals surface area (Å²) in [5.74, 6) is 1.83. The maximum absolute atomic E-state index is 5.42. The van der Waals surface area contributed by atoms with Gasteiger partial charge in [-0.25, -0.2) is 0 Å². The van der Waals surface area contributed by atoms with Crippen LogP contribution in [0.4, 0.5) is 0 Å². The third-order valence-corrected chi connectivity index (χ3v) is 4.78. The normalized spacial score (nSPS) is 16.6. The van der Waals surface area contributed by atoms with Crippen molar-refractivity contribution in [2.45, 2.75) is 63.7 Å². The fourth-order valence-corrected chi connectivity index (χ4v) is 3.29. The number of hydrogen-bond donors (Lipinski definition) is 0.